The van der Waals surface area contributed by atoms with Crippen LogP contribution >= 0.6 is 11.6 Å². The van der Waals surface area contributed by atoms with E-state index in [1.165, 1.54) is 44.5 Å². The molecule has 2 N–H and O–H groups in total. The average Bonchev–Trinajstić information content (AvgIpc) is 2.97. The lowest BCUT2D eigenvalue weighted by Crippen LogP contribution is -2.46. The first kappa shape index (κ1) is 28.4. The van der Waals surface area contributed by atoms with Gasteiger partial charge in [-0.2, -0.15) is 4.98 Å². The van der Waals surface area contributed by atoms with Gasteiger partial charge in [0.2, 0.25) is 5.95 Å². The predicted molar refractivity (Wildman–Crippen MR) is 166 cm³/mol. The van der Waals surface area contributed by atoms with Gasteiger partial charge in [0.25, 0.3) is 0 Å². The molecule has 214 valence electrons. The van der Waals surface area contributed by atoms with Crippen LogP contribution in [0.3, 0.4) is 0 Å². The summed E-state index contributed by atoms with van der Waals surface area (Å²) < 4.78 is 19.5. The Morgan fingerprint density at radius 3 is 2.42 bits per heavy atom. The topological polar surface area (TPSA) is 85.9 Å². The third kappa shape index (κ3) is 6.29. The first-order chi connectivity index (χ1) is 19.3. The molecule has 11 heteroatoms. The third-order valence-electron chi connectivity index (χ3n) is 8.29. The van der Waals surface area contributed by atoms with Gasteiger partial charge >= 0.3 is 0 Å². The fourth-order valence-corrected chi connectivity index (χ4v) is 6.14. The summed E-state index contributed by atoms with van der Waals surface area (Å²) in [5.41, 5.74) is 3.94. The highest BCUT2D eigenvalue weighted by Gasteiger charge is 2.37. The van der Waals surface area contributed by atoms with Gasteiger partial charge < -0.3 is 25.2 Å². The Morgan fingerprint density at radius 1 is 1.02 bits per heavy atom. The minimum absolute atomic E-state index is 0.371. The molecular weight excluding hydrogens is 546 g/mol. The molecule has 2 aromatic carbocycles. The van der Waals surface area contributed by atoms with Gasteiger partial charge in [0.05, 0.1) is 30.4 Å². The van der Waals surface area contributed by atoms with Crippen molar-refractivity contribution in [3.05, 3.63) is 53.7 Å². The van der Waals surface area contributed by atoms with Gasteiger partial charge in [0.15, 0.2) is 5.82 Å². The smallest absolute Gasteiger partial charge is 0.229 e. The van der Waals surface area contributed by atoms with E-state index < -0.39 is 11.0 Å². The number of halogens is 1. The summed E-state index contributed by atoms with van der Waals surface area (Å²) in [6.45, 7) is 4.55. The maximum atomic E-state index is 12.1. The summed E-state index contributed by atoms with van der Waals surface area (Å²) in [6, 6.07) is 13.8. The molecule has 1 atom stereocenters. The molecule has 1 unspecified atom stereocenters. The van der Waals surface area contributed by atoms with Gasteiger partial charge in [-0.3, -0.25) is 4.31 Å². The van der Waals surface area contributed by atoms with E-state index in [2.05, 4.69) is 49.6 Å². The van der Waals surface area contributed by atoms with Gasteiger partial charge in [0, 0.05) is 38.1 Å². The Labute approximate surface area is 244 Å². The molecule has 9 nitrogen and oxygen atoms in total. The number of para-hydroxylation sites is 2. The van der Waals surface area contributed by atoms with E-state index in [4.69, 9.17) is 16.3 Å². The van der Waals surface area contributed by atoms with Crippen LogP contribution in [0.25, 0.3) is 0 Å². The van der Waals surface area contributed by atoms with Gasteiger partial charge in [0.1, 0.15) is 21.8 Å². The molecule has 2 aliphatic heterocycles. The number of nitrogens with one attached hydrogen (secondary N) is 2. The number of ether oxygens (including phenoxy) is 1. The van der Waals surface area contributed by atoms with E-state index in [0.717, 1.165) is 35.9 Å². The zero-order valence-corrected chi connectivity index (χ0v) is 25.2. The molecule has 1 spiro atoms. The van der Waals surface area contributed by atoms with Crippen molar-refractivity contribution in [1.82, 2.24) is 14.9 Å². The summed E-state index contributed by atoms with van der Waals surface area (Å²) in [7, 11) is 4.50. The van der Waals surface area contributed by atoms with Crippen LogP contribution in [0.1, 0.15) is 25.7 Å². The van der Waals surface area contributed by atoms with Crippen LogP contribution in [0.4, 0.5) is 34.5 Å². The molecule has 2 aliphatic rings. The van der Waals surface area contributed by atoms with Gasteiger partial charge in [-0.25, -0.2) is 9.19 Å². The van der Waals surface area contributed by atoms with E-state index in [9.17, 15) is 4.21 Å². The van der Waals surface area contributed by atoms with Crippen LogP contribution in [0.2, 0.25) is 5.02 Å². The molecular formula is C29H38ClN7O2S. The molecule has 40 heavy (non-hydrogen) atoms. The standard InChI is InChI=1S/C29H38ClN7O2S/c1-35-15-11-29(12-16-35)13-17-37(18-14-29)21-9-10-24(26(19-21)39-3)33-28-31-20-22(30)27(34-28)32-23-7-5-6-8-25(23)36(2)40(4)38/h5-10,19-20H,11-18H2,1-4H3,(H2,31,32,33,34). The SMILES string of the molecule is COc1cc(N2CCC3(CCN(C)CC3)CC2)ccc1Nc1ncc(Cl)c(Nc2ccccc2N(C)S(C)=O)n1. The number of likely N-dealkylation sites (tertiary alicyclic amines) is 1. The highest BCUT2D eigenvalue weighted by molar-refractivity contribution is 7.85. The summed E-state index contributed by atoms with van der Waals surface area (Å²) in [4.78, 5) is 13.9. The van der Waals surface area contributed by atoms with Crippen molar-refractivity contribution in [2.75, 3.05) is 73.5 Å². The molecule has 0 radical (unpaired) electrons. The lowest BCUT2D eigenvalue weighted by Gasteiger charge is -2.47. The van der Waals surface area contributed by atoms with E-state index in [-0.39, 0.29) is 0 Å². The van der Waals surface area contributed by atoms with Crippen molar-refractivity contribution in [3.63, 3.8) is 0 Å². The molecule has 1 aromatic heterocycles. The molecule has 2 saturated heterocycles. The van der Waals surface area contributed by atoms with Crippen molar-refractivity contribution >= 4 is 57.1 Å². The number of nitrogens with zero attached hydrogens (tertiary/aromatic N) is 5. The molecule has 0 saturated carbocycles. The lowest BCUT2D eigenvalue weighted by atomic mass is 9.71. The third-order valence-corrected chi connectivity index (χ3v) is 9.54. The van der Waals surface area contributed by atoms with E-state index in [1.54, 1.807) is 30.9 Å². The number of anilines is 6. The van der Waals surface area contributed by atoms with Crippen LogP contribution < -0.4 is 24.6 Å². The number of piperidine rings is 2. The molecule has 2 fully saturated rings. The van der Waals surface area contributed by atoms with Crippen LogP contribution in [-0.2, 0) is 11.0 Å². The van der Waals surface area contributed by atoms with Crippen molar-refractivity contribution in [2.45, 2.75) is 25.7 Å². The van der Waals surface area contributed by atoms with E-state index in [0.29, 0.717) is 22.2 Å². The van der Waals surface area contributed by atoms with Gasteiger partial charge in [-0.15, -0.1) is 0 Å². The Morgan fingerprint density at radius 2 is 1.73 bits per heavy atom. The number of hydrogen-bond donors (Lipinski definition) is 2. The van der Waals surface area contributed by atoms with Crippen molar-refractivity contribution in [1.29, 1.82) is 0 Å². The molecule has 3 aromatic rings. The summed E-state index contributed by atoms with van der Waals surface area (Å²) in [6.07, 6.45) is 8.28. The van der Waals surface area contributed by atoms with Crippen LogP contribution in [-0.4, -0.2) is 72.7 Å². The molecule has 0 aliphatic carbocycles. The lowest BCUT2D eigenvalue weighted by molar-refractivity contribution is 0.0945. The number of rotatable bonds is 8. The van der Waals surface area contributed by atoms with Crippen molar-refractivity contribution < 1.29 is 8.95 Å². The maximum Gasteiger partial charge on any atom is 0.229 e. The highest BCUT2D eigenvalue weighted by atomic mass is 35.5. The molecule has 0 bridgehead atoms. The molecule has 3 heterocycles. The summed E-state index contributed by atoms with van der Waals surface area (Å²) in [5.74, 6) is 1.54. The fraction of sp³-hybridized carbons (Fsp3) is 0.448. The van der Waals surface area contributed by atoms with Crippen molar-refractivity contribution in [2.24, 2.45) is 5.41 Å². The van der Waals surface area contributed by atoms with E-state index in [1.807, 2.05) is 30.3 Å². The predicted octanol–water partition coefficient (Wildman–Crippen LogP) is 5.67. The number of benzene rings is 2. The fourth-order valence-electron chi connectivity index (χ4n) is 5.57. The first-order valence-electron chi connectivity index (χ1n) is 13.6. The highest BCUT2D eigenvalue weighted by Crippen LogP contribution is 2.43. The number of methoxy groups -OCH3 is 1. The second-order valence-electron chi connectivity index (χ2n) is 10.8. The molecule has 5 rings (SSSR count). The van der Waals surface area contributed by atoms with Gasteiger partial charge in [-0.05, 0) is 75.5 Å². The Balaban J connectivity index is 1.30. The average molecular weight is 584 g/mol. The number of hydrogen-bond acceptors (Lipinski definition) is 8. The monoisotopic (exact) mass is 583 g/mol. The van der Waals surface area contributed by atoms with Crippen LogP contribution in [0.5, 0.6) is 5.75 Å². The normalized spacial score (nSPS) is 17.9. The second kappa shape index (κ2) is 12.2. The molecule has 0 amide bonds. The Hall–Kier alpha value is -3.08. The second-order valence-corrected chi connectivity index (χ2v) is 12.6. The quantitative estimate of drug-likeness (QED) is 0.351. The minimum Gasteiger partial charge on any atom is -0.494 e. The van der Waals surface area contributed by atoms with Crippen LogP contribution in [0.15, 0.2) is 48.7 Å². The maximum absolute atomic E-state index is 12.1. The first-order valence-corrected chi connectivity index (χ1v) is 15.5. The van der Waals surface area contributed by atoms with Crippen LogP contribution in [0, 0.1) is 5.41 Å². The Bertz CT molecular complexity index is 1360. The zero-order chi connectivity index (χ0) is 28.3. The van der Waals surface area contributed by atoms with E-state index >= 15 is 0 Å². The zero-order valence-electron chi connectivity index (χ0n) is 23.6. The largest absolute Gasteiger partial charge is 0.494 e. The van der Waals surface area contributed by atoms with Crippen molar-refractivity contribution in [3.8, 4) is 5.75 Å². The minimum atomic E-state index is -1.18. The summed E-state index contributed by atoms with van der Waals surface area (Å²) in [5, 5.41) is 6.93. The van der Waals surface area contributed by atoms with Gasteiger partial charge in [-0.1, -0.05) is 23.7 Å². The summed E-state index contributed by atoms with van der Waals surface area (Å²) >= 11 is 6.45. The Kier molecular flexibility index (Phi) is 8.68. The number of aromatic nitrogens is 2.